The van der Waals surface area contributed by atoms with Crippen LogP contribution in [0.15, 0.2) is 65.1 Å². The van der Waals surface area contributed by atoms with Gasteiger partial charge in [0, 0.05) is 16.5 Å². The largest absolute Gasteiger partial charge is 0.484 e. The zero-order valence-corrected chi connectivity index (χ0v) is 16.1. The number of furan rings is 1. The lowest BCUT2D eigenvalue weighted by molar-refractivity contribution is -0.118. The number of carbonyl (C=O) groups is 1. The van der Waals surface area contributed by atoms with Crippen molar-refractivity contribution >= 4 is 33.5 Å². The van der Waals surface area contributed by atoms with Crippen LogP contribution in [0.2, 0.25) is 0 Å². The average molecular weight is 373 g/mol. The first-order valence-electron chi connectivity index (χ1n) is 9.64. The van der Waals surface area contributed by atoms with E-state index >= 15 is 0 Å². The summed E-state index contributed by atoms with van der Waals surface area (Å²) in [5.41, 5.74) is 4.84. The Bertz CT molecular complexity index is 1120. The first kappa shape index (κ1) is 18.1. The Morgan fingerprint density at radius 2 is 1.61 bits per heavy atom. The van der Waals surface area contributed by atoms with Gasteiger partial charge in [0.25, 0.3) is 5.91 Å². The number of aryl methyl sites for hydroxylation is 2. The van der Waals surface area contributed by atoms with Crippen LogP contribution in [0, 0.1) is 0 Å². The molecule has 0 spiro atoms. The van der Waals surface area contributed by atoms with E-state index in [0.717, 1.165) is 51.6 Å². The number of rotatable bonds is 6. The van der Waals surface area contributed by atoms with Crippen LogP contribution in [0.25, 0.3) is 21.9 Å². The standard InChI is InChI=1S/C24H23NO3/c1-3-16-8-7-9-17(4-2)24(16)25-23(26)15-27-18-12-13-22-20(14-18)19-10-5-6-11-21(19)28-22/h5-14H,3-4,15H2,1-2H3,(H,25,26). The Labute approximate surface area is 164 Å². The fourth-order valence-electron chi connectivity index (χ4n) is 3.52. The molecule has 0 aliphatic carbocycles. The van der Waals surface area contributed by atoms with Crippen LogP contribution >= 0.6 is 0 Å². The van der Waals surface area contributed by atoms with E-state index in [1.165, 1.54) is 0 Å². The number of ether oxygens (including phenoxy) is 1. The van der Waals surface area contributed by atoms with Crippen molar-refractivity contribution in [2.75, 3.05) is 11.9 Å². The second-order valence-electron chi connectivity index (χ2n) is 6.75. The van der Waals surface area contributed by atoms with Gasteiger partial charge in [0.1, 0.15) is 16.9 Å². The fourth-order valence-corrected chi connectivity index (χ4v) is 3.52. The third kappa shape index (κ3) is 3.46. The molecule has 0 atom stereocenters. The summed E-state index contributed by atoms with van der Waals surface area (Å²) in [5, 5.41) is 5.05. The number of benzene rings is 3. The third-order valence-corrected chi connectivity index (χ3v) is 4.98. The van der Waals surface area contributed by atoms with Crippen molar-refractivity contribution in [3.63, 3.8) is 0 Å². The van der Waals surface area contributed by atoms with E-state index in [0.29, 0.717) is 5.75 Å². The van der Waals surface area contributed by atoms with Gasteiger partial charge in [0.15, 0.2) is 6.61 Å². The van der Waals surface area contributed by atoms with E-state index in [4.69, 9.17) is 9.15 Å². The Balaban J connectivity index is 1.50. The molecule has 4 aromatic rings. The fraction of sp³-hybridized carbons (Fsp3) is 0.208. The van der Waals surface area contributed by atoms with E-state index in [9.17, 15) is 4.79 Å². The molecule has 0 aliphatic rings. The van der Waals surface area contributed by atoms with Crippen molar-refractivity contribution in [2.24, 2.45) is 0 Å². The van der Waals surface area contributed by atoms with Crippen molar-refractivity contribution in [3.05, 3.63) is 71.8 Å². The molecule has 0 fully saturated rings. The number of para-hydroxylation sites is 2. The molecule has 4 heteroatoms. The SMILES string of the molecule is CCc1cccc(CC)c1NC(=O)COc1ccc2oc3ccccc3c2c1. The highest BCUT2D eigenvalue weighted by molar-refractivity contribution is 6.05. The topological polar surface area (TPSA) is 51.5 Å². The zero-order valence-electron chi connectivity index (χ0n) is 16.1. The number of carbonyl (C=O) groups excluding carboxylic acids is 1. The maximum Gasteiger partial charge on any atom is 0.262 e. The quantitative estimate of drug-likeness (QED) is 0.470. The highest BCUT2D eigenvalue weighted by atomic mass is 16.5. The molecule has 1 N–H and O–H groups in total. The minimum absolute atomic E-state index is 0.0392. The predicted molar refractivity (Wildman–Crippen MR) is 113 cm³/mol. The number of hydrogen-bond acceptors (Lipinski definition) is 3. The van der Waals surface area contributed by atoms with E-state index < -0.39 is 0 Å². The summed E-state index contributed by atoms with van der Waals surface area (Å²) in [4.78, 5) is 12.5. The molecule has 1 amide bonds. The predicted octanol–water partition coefficient (Wildman–Crippen LogP) is 5.73. The van der Waals surface area contributed by atoms with Gasteiger partial charge in [-0.05, 0) is 48.2 Å². The van der Waals surface area contributed by atoms with E-state index in [2.05, 4.69) is 19.2 Å². The molecule has 28 heavy (non-hydrogen) atoms. The number of fused-ring (bicyclic) bond motifs is 3. The van der Waals surface area contributed by atoms with Crippen molar-refractivity contribution < 1.29 is 13.9 Å². The first-order valence-corrected chi connectivity index (χ1v) is 9.64. The minimum Gasteiger partial charge on any atom is -0.484 e. The monoisotopic (exact) mass is 373 g/mol. The number of nitrogens with one attached hydrogen (secondary N) is 1. The third-order valence-electron chi connectivity index (χ3n) is 4.98. The number of anilines is 1. The molecule has 1 aromatic heterocycles. The summed E-state index contributed by atoms with van der Waals surface area (Å²) in [6, 6.07) is 19.7. The molecule has 0 radical (unpaired) electrons. The second-order valence-corrected chi connectivity index (χ2v) is 6.75. The van der Waals surface area contributed by atoms with Gasteiger partial charge in [-0.1, -0.05) is 50.2 Å². The summed E-state index contributed by atoms with van der Waals surface area (Å²) in [7, 11) is 0. The molecule has 0 aliphatic heterocycles. The van der Waals surface area contributed by atoms with Gasteiger partial charge >= 0.3 is 0 Å². The molecular weight excluding hydrogens is 350 g/mol. The molecular formula is C24H23NO3. The van der Waals surface area contributed by atoms with Crippen LogP contribution < -0.4 is 10.1 Å². The molecule has 0 unspecified atom stereocenters. The van der Waals surface area contributed by atoms with Crippen LogP contribution in [-0.4, -0.2) is 12.5 Å². The number of amides is 1. The normalized spacial score (nSPS) is 11.1. The summed E-state index contributed by atoms with van der Waals surface area (Å²) in [6.07, 6.45) is 1.74. The molecule has 1 heterocycles. The lowest BCUT2D eigenvalue weighted by atomic mass is 10.0. The Hall–Kier alpha value is -3.27. The molecule has 142 valence electrons. The van der Waals surface area contributed by atoms with Gasteiger partial charge in [0.05, 0.1) is 0 Å². The Morgan fingerprint density at radius 1 is 0.893 bits per heavy atom. The van der Waals surface area contributed by atoms with Crippen LogP contribution in [0.1, 0.15) is 25.0 Å². The minimum atomic E-state index is -0.159. The van der Waals surface area contributed by atoms with E-state index in [1.807, 2.05) is 60.7 Å². The molecule has 3 aromatic carbocycles. The Kier molecular flexibility index (Phi) is 5.02. The second kappa shape index (κ2) is 7.77. The molecule has 0 bridgehead atoms. The molecule has 0 saturated carbocycles. The van der Waals surface area contributed by atoms with Crippen molar-refractivity contribution in [1.29, 1.82) is 0 Å². The van der Waals surface area contributed by atoms with E-state index in [-0.39, 0.29) is 12.5 Å². The maximum atomic E-state index is 12.5. The van der Waals surface area contributed by atoms with Crippen LogP contribution in [0.4, 0.5) is 5.69 Å². The first-order chi connectivity index (χ1) is 13.7. The van der Waals surface area contributed by atoms with Gasteiger partial charge in [-0.25, -0.2) is 0 Å². The molecule has 0 saturated heterocycles. The van der Waals surface area contributed by atoms with Gasteiger partial charge in [-0.3, -0.25) is 4.79 Å². The summed E-state index contributed by atoms with van der Waals surface area (Å²) < 4.78 is 11.6. The Morgan fingerprint density at radius 3 is 2.36 bits per heavy atom. The summed E-state index contributed by atoms with van der Waals surface area (Å²) in [6.45, 7) is 4.14. The summed E-state index contributed by atoms with van der Waals surface area (Å²) in [5.74, 6) is 0.487. The summed E-state index contributed by atoms with van der Waals surface area (Å²) >= 11 is 0. The smallest absolute Gasteiger partial charge is 0.262 e. The van der Waals surface area contributed by atoms with Crippen molar-refractivity contribution in [3.8, 4) is 5.75 Å². The van der Waals surface area contributed by atoms with Crippen LogP contribution in [-0.2, 0) is 17.6 Å². The highest BCUT2D eigenvalue weighted by Gasteiger charge is 2.12. The highest BCUT2D eigenvalue weighted by Crippen LogP contribution is 2.31. The van der Waals surface area contributed by atoms with Crippen LogP contribution in [0.3, 0.4) is 0 Å². The molecule has 4 rings (SSSR count). The maximum absolute atomic E-state index is 12.5. The lowest BCUT2D eigenvalue weighted by Gasteiger charge is -2.14. The lowest BCUT2D eigenvalue weighted by Crippen LogP contribution is -2.21. The van der Waals surface area contributed by atoms with Gasteiger partial charge in [-0.15, -0.1) is 0 Å². The number of hydrogen-bond donors (Lipinski definition) is 1. The average Bonchev–Trinajstić information content (AvgIpc) is 3.10. The van der Waals surface area contributed by atoms with Crippen LogP contribution in [0.5, 0.6) is 5.75 Å². The van der Waals surface area contributed by atoms with Gasteiger partial charge < -0.3 is 14.5 Å². The zero-order chi connectivity index (χ0) is 19.5. The van der Waals surface area contributed by atoms with Crippen molar-refractivity contribution in [2.45, 2.75) is 26.7 Å². The van der Waals surface area contributed by atoms with Gasteiger partial charge in [0.2, 0.25) is 0 Å². The molecule has 4 nitrogen and oxygen atoms in total. The van der Waals surface area contributed by atoms with Crippen molar-refractivity contribution in [1.82, 2.24) is 0 Å². The van der Waals surface area contributed by atoms with E-state index in [1.54, 1.807) is 0 Å². The van der Waals surface area contributed by atoms with Gasteiger partial charge in [-0.2, -0.15) is 0 Å².